The third kappa shape index (κ3) is 8.77. The normalized spacial score (nSPS) is 13.3. The molecule has 0 heterocycles. The molecule has 9 nitrogen and oxygen atoms in total. The predicted molar refractivity (Wildman–Crippen MR) is 281 cm³/mol. The van der Waals surface area contributed by atoms with E-state index < -0.39 is 11.4 Å². The topological polar surface area (TPSA) is 29.2 Å². The Balaban J connectivity index is 0.00000704. The van der Waals surface area contributed by atoms with E-state index in [1.54, 1.807) is 0 Å². The number of halogens is 3. The van der Waals surface area contributed by atoms with E-state index in [2.05, 4.69) is 261 Å². The van der Waals surface area contributed by atoms with Crippen LogP contribution in [0.3, 0.4) is 0 Å². The van der Waals surface area contributed by atoms with Crippen molar-refractivity contribution in [2.45, 2.75) is 72.6 Å². The van der Waals surface area contributed by atoms with E-state index in [9.17, 15) is 0 Å². The Morgan fingerprint density at radius 1 is 0.277 bits per heavy atom. The molecule has 362 valence electrons. The van der Waals surface area contributed by atoms with Gasteiger partial charge >= 0.3 is 394 Å². The summed E-state index contributed by atoms with van der Waals surface area (Å²) in [7, 11) is 36.9. The predicted octanol–water partition coefficient (Wildman–Crippen LogP) is -1.46. The minimum atomic E-state index is -3.71. The molecule has 14 heteroatoms. The summed E-state index contributed by atoms with van der Waals surface area (Å²) in [5.41, 5.74) is 25.3. The maximum atomic E-state index is 2.67. The van der Waals surface area contributed by atoms with Crippen LogP contribution in [0.25, 0.3) is 0 Å². The first-order valence-corrected chi connectivity index (χ1v) is 24.8. The molecule has 1 aliphatic carbocycles. The Morgan fingerprint density at radius 2 is 0.446 bits per heavy atom. The number of nitrogens with zero attached hydrogens (tertiary/aromatic N) is 9. The van der Waals surface area contributed by atoms with E-state index in [4.69, 9.17) is 0 Å². The molecule has 0 fully saturated rings. The number of benzene rings is 3. The van der Waals surface area contributed by atoms with Crippen molar-refractivity contribution in [1.29, 1.82) is 0 Å². The van der Waals surface area contributed by atoms with Crippen molar-refractivity contribution in [2.24, 2.45) is 0 Å². The summed E-state index contributed by atoms with van der Waals surface area (Å²) >= 11 is 2.67. The van der Waals surface area contributed by atoms with Crippen molar-refractivity contribution in [2.75, 3.05) is 171 Å². The molecule has 0 radical (unpaired) electrons. The fourth-order valence-corrected chi connectivity index (χ4v) is 22.1. The Kier molecular flexibility index (Phi) is 19.6. The van der Waals surface area contributed by atoms with Crippen LogP contribution in [0.15, 0.2) is 22.3 Å². The molecule has 0 aromatic heterocycles. The van der Waals surface area contributed by atoms with Crippen molar-refractivity contribution in [1.82, 2.24) is 0 Å². The van der Waals surface area contributed by atoms with Gasteiger partial charge in [0, 0.05) is 0 Å². The molecule has 0 amide bonds. The van der Waals surface area contributed by atoms with Gasteiger partial charge in [0.25, 0.3) is 0 Å². The molecule has 0 N–H and O–H groups in total. The summed E-state index contributed by atoms with van der Waals surface area (Å²) in [5.74, 6) is 0. The first kappa shape index (κ1) is 60.2. The zero-order chi connectivity index (χ0) is 47.9. The van der Waals surface area contributed by atoms with Gasteiger partial charge in [0.05, 0.1) is 0 Å². The second-order valence-corrected chi connectivity index (χ2v) is 25.8. The SMILES string of the molecule is CC1=C(C)[C]([Ti+3])([Si](c2c(C)c(N(C)C)c(C)c(N(C)C)c2N(C)C)(c2c(C)c(N(C)C)c(C)c(N(C)C)c2N(C)C)c2c(C)c(N(C)C)c(C)c(N(C)C)c2N(C)C)C(C)=C1C.[Cl-].[Cl-].[Cl-]. The zero-order valence-electron chi connectivity index (χ0n) is 45.7. The number of anilines is 9. The van der Waals surface area contributed by atoms with Gasteiger partial charge in [0.2, 0.25) is 0 Å². The van der Waals surface area contributed by atoms with Crippen LogP contribution in [-0.4, -0.2) is 135 Å². The number of hydrogen-bond acceptors (Lipinski definition) is 9. The molecule has 0 saturated carbocycles. The van der Waals surface area contributed by atoms with Crippen molar-refractivity contribution >= 4 is 74.8 Å². The Hall–Kier alpha value is -2.86. The Morgan fingerprint density at radius 3 is 0.600 bits per heavy atom. The standard InChI is InChI=1S/C51H84N9Si.3ClH.Ti/c1-29-30(2)32(4)48(31(29)3)61(49-36(8)39(52(11)12)33(5)42(55(17)18)45(49)58(23)24,50-37(9)40(53(13)14)34(6)43(56(19)20)46(50)59(25)26)51-38(10)41(54(15)16)35(7)44(57(21)22)47(51)60(27)28;;;;/h1-28H3;3*1H;/q;;;;+3/p-3. The van der Waals surface area contributed by atoms with E-state index in [1.165, 1.54) is 122 Å². The van der Waals surface area contributed by atoms with E-state index in [0.29, 0.717) is 0 Å². The van der Waals surface area contributed by atoms with Crippen LogP contribution < -0.4 is 96.9 Å². The third-order valence-corrected chi connectivity index (χ3v) is 23.1. The molecule has 0 bridgehead atoms. The molecule has 4 rings (SSSR count). The molecule has 3 aromatic carbocycles. The van der Waals surface area contributed by atoms with E-state index >= 15 is 0 Å². The van der Waals surface area contributed by atoms with Crippen molar-refractivity contribution in [3.63, 3.8) is 0 Å². The molecule has 0 spiro atoms. The second kappa shape index (κ2) is 21.2. The third-order valence-electron chi connectivity index (χ3n) is 14.2. The Bertz CT molecular complexity index is 2110. The van der Waals surface area contributed by atoms with E-state index in [-0.39, 0.29) is 37.2 Å². The fourth-order valence-electron chi connectivity index (χ4n) is 12.2. The van der Waals surface area contributed by atoms with E-state index in [1.807, 2.05) is 0 Å². The summed E-state index contributed by atoms with van der Waals surface area (Å²) in [6.45, 7) is 24.1. The van der Waals surface area contributed by atoms with Crippen LogP contribution in [0.4, 0.5) is 51.2 Å². The van der Waals surface area contributed by atoms with Crippen LogP contribution in [0.5, 0.6) is 0 Å². The summed E-state index contributed by atoms with van der Waals surface area (Å²) in [6.07, 6.45) is 0. The average molecular weight is 1010 g/mol. The van der Waals surface area contributed by atoms with Crippen molar-refractivity contribution in [3.8, 4) is 0 Å². The van der Waals surface area contributed by atoms with Gasteiger partial charge < -0.3 is 37.2 Å². The smallest absolute Gasteiger partial charge is 1.00 e. The zero-order valence-corrected chi connectivity index (χ0v) is 50.5. The second-order valence-electron chi connectivity index (χ2n) is 20.1. The number of allylic oxidation sites excluding steroid dienone is 4. The van der Waals surface area contributed by atoms with Gasteiger partial charge in [-0.3, -0.25) is 0 Å². The molecular formula is C51H84Cl3N9SiTi. The van der Waals surface area contributed by atoms with Gasteiger partial charge in [-0.25, -0.2) is 0 Å². The first-order chi connectivity index (χ1) is 28.4. The average Bonchev–Trinajstić information content (AvgIpc) is 3.27. The molecule has 0 saturated heterocycles. The minimum Gasteiger partial charge on any atom is -1.00 e. The van der Waals surface area contributed by atoms with Gasteiger partial charge in [-0.05, 0) is 0 Å². The summed E-state index contributed by atoms with van der Waals surface area (Å²) in [4.78, 5) is 21.7. The largest absolute Gasteiger partial charge is 1.00 e. The van der Waals surface area contributed by atoms with Crippen LogP contribution >= 0.6 is 0 Å². The maximum Gasteiger partial charge on any atom is -1.00 e. The van der Waals surface area contributed by atoms with E-state index in [0.717, 1.165) is 0 Å². The monoisotopic (exact) mass is 1000 g/mol. The summed E-state index contributed by atoms with van der Waals surface area (Å²) in [6, 6.07) is 0. The summed E-state index contributed by atoms with van der Waals surface area (Å²) < 4.78 is -0.449. The van der Waals surface area contributed by atoms with Crippen LogP contribution in [0, 0.1) is 41.5 Å². The van der Waals surface area contributed by atoms with Gasteiger partial charge in [0.1, 0.15) is 0 Å². The van der Waals surface area contributed by atoms with Gasteiger partial charge in [-0.1, -0.05) is 0 Å². The quantitative estimate of drug-likeness (QED) is 0.151. The molecule has 0 aliphatic heterocycles. The van der Waals surface area contributed by atoms with Gasteiger partial charge in [-0.2, -0.15) is 0 Å². The van der Waals surface area contributed by atoms with Crippen molar-refractivity contribution < 1.29 is 57.7 Å². The van der Waals surface area contributed by atoms with Crippen molar-refractivity contribution in [3.05, 3.63) is 55.7 Å². The van der Waals surface area contributed by atoms with Gasteiger partial charge in [-0.15, -0.1) is 0 Å². The maximum absolute atomic E-state index is 3.71. The molecular weight excluding hydrogens is 921 g/mol. The molecule has 65 heavy (non-hydrogen) atoms. The minimum absolute atomic E-state index is 0. The van der Waals surface area contributed by atoms with Gasteiger partial charge in [0.15, 0.2) is 0 Å². The van der Waals surface area contributed by atoms with Crippen LogP contribution in [0.1, 0.15) is 61.1 Å². The van der Waals surface area contributed by atoms with Crippen LogP contribution in [-0.2, 0) is 20.4 Å². The molecule has 0 atom stereocenters. The fraction of sp³-hybridized carbons (Fsp3) is 0.569. The summed E-state index contributed by atoms with van der Waals surface area (Å²) in [5, 5.41) is 4.41. The Labute approximate surface area is 428 Å². The molecule has 3 aromatic rings. The number of rotatable bonds is 13. The molecule has 1 aliphatic rings. The first-order valence-electron chi connectivity index (χ1n) is 22.1. The number of hydrogen-bond donors (Lipinski definition) is 0. The molecule has 0 unspecified atom stereocenters. The van der Waals surface area contributed by atoms with Crippen LogP contribution in [0.2, 0.25) is 3.34 Å².